The van der Waals surface area contributed by atoms with Crippen molar-refractivity contribution in [3.8, 4) is 0 Å². The van der Waals surface area contributed by atoms with E-state index in [0.717, 1.165) is 0 Å². The van der Waals surface area contributed by atoms with Gasteiger partial charge >= 0.3 is 0 Å². The monoisotopic (exact) mass is 327 g/mol. The Morgan fingerprint density at radius 1 is 1.33 bits per heavy atom. The molecule has 0 aliphatic carbocycles. The summed E-state index contributed by atoms with van der Waals surface area (Å²) in [6.45, 7) is 1.70. The van der Waals surface area contributed by atoms with Gasteiger partial charge in [-0.15, -0.1) is 0 Å². The number of benzene rings is 1. The summed E-state index contributed by atoms with van der Waals surface area (Å²) in [5.74, 6) is -1.15. The van der Waals surface area contributed by atoms with Crippen molar-refractivity contribution >= 4 is 33.3 Å². The highest BCUT2D eigenvalue weighted by molar-refractivity contribution is 9.10. The van der Waals surface area contributed by atoms with Crippen LogP contribution in [0.25, 0.3) is 0 Å². The molecule has 0 amide bonds. The van der Waals surface area contributed by atoms with Gasteiger partial charge in [0, 0.05) is 21.9 Å². The SMILES string of the molecule is Cc1ncccc1C(=O)c1ccc(Br)c(Cl)c1F. The van der Waals surface area contributed by atoms with Gasteiger partial charge in [0.25, 0.3) is 0 Å². The lowest BCUT2D eigenvalue weighted by atomic mass is 10.0. The van der Waals surface area contributed by atoms with Crippen molar-refractivity contribution in [2.24, 2.45) is 0 Å². The molecular formula is C13H8BrClFNO. The molecule has 0 atom stereocenters. The summed E-state index contributed by atoms with van der Waals surface area (Å²) in [5.41, 5.74) is 0.870. The predicted molar refractivity (Wildman–Crippen MR) is 71.5 cm³/mol. The van der Waals surface area contributed by atoms with Gasteiger partial charge in [0.15, 0.2) is 11.6 Å². The van der Waals surface area contributed by atoms with Crippen molar-refractivity contribution in [3.05, 3.63) is 62.6 Å². The first-order valence-corrected chi connectivity index (χ1v) is 6.29. The Labute approximate surface area is 117 Å². The van der Waals surface area contributed by atoms with Crippen molar-refractivity contribution in [3.63, 3.8) is 0 Å². The van der Waals surface area contributed by atoms with E-state index in [2.05, 4.69) is 20.9 Å². The standard InChI is InChI=1S/C13H8BrClFNO/c1-7-8(3-2-6-17-7)13(18)9-4-5-10(14)11(15)12(9)16/h2-6H,1H3. The molecule has 1 heterocycles. The number of nitrogens with zero attached hydrogens (tertiary/aromatic N) is 1. The quantitative estimate of drug-likeness (QED) is 0.611. The molecule has 0 fully saturated rings. The number of carbonyl (C=O) groups is 1. The fourth-order valence-corrected chi connectivity index (χ4v) is 2.04. The molecule has 0 aliphatic heterocycles. The van der Waals surface area contributed by atoms with E-state index in [1.165, 1.54) is 6.07 Å². The zero-order valence-electron chi connectivity index (χ0n) is 9.38. The van der Waals surface area contributed by atoms with Gasteiger partial charge in [-0.1, -0.05) is 11.6 Å². The topological polar surface area (TPSA) is 30.0 Å². The lowest BCUT2D eigenvalue weighted by Crippen LogP contribution is -2.07. The number of aromatic nitrogens is 1. The van der Waals surface area contributed by atoms with Gasteiger partial charge in [-0.05, 0) is 47.1 Å². The molecule has 2 nitrogen and oxygen atoms in total. The molecule has 1 aromatic carbocycles. The molecule has 1 aromatic heterocycles. The fourth-order valence-electron chi connectivity index (χ4n) is 1.57. The number of halogens is 3. The van der Waals surface area contributed by atoms with Crippen molar-refractivity contribution in [2.45, 2.75) is 6.92 Å². The summed E-state index contributed by atoms with van der Waals surface area (Å²) in [6, 6.07) is 6.20. The van der Waals surface area contributed by atoms with E-state index in [9.17, 15) is 9.18 Å². The molecule has 0 saturated carbocycles. The number of aryl methyl sites for hydroxylation is 1. The third kappa shape index (κ3) is 2.31. The molecule has 92 valence electrons. The van der Waals surface area contributed by atoms with Crippen molar-refractivity contribution in [2.75, 3.05) is 0 Å². The van der Waals surface area contributed by atoms with Crippen LogP contribution >= 0.6 is 27.5 Å². The highest BCUT2D eigenvalue weighted by atomic mass is 79.9. The highest BCUT2D eigenvalue weighted by Crippen LogP contribution is 2.28. The van der Waals surface area contributed by atoms with Crippen LogP contribution in [-0.4, -0.2) is 10.8 Å². The van der Waals surface area contributed by atoms with Gasteiger partial charge in [0.1, 0.15) is 0 Å². The zero-order valence-corrected chi connectivity index (χ0v) is 11.7. The van der Waals surface area contributed by atoms with E-state index in [1.54, 1.807) is 31.3 Å². The smallest absolute Gasteiger partial charge is 0.197 e. The van der Waals surface area contributed by atoms with Gasteiger partial charge in [0.05, 0.1) is 10.6 Å². The first-order valence-electron chi connectivity index (χ1n) is 5.12. The fraction of sp³-hybridized carbons (Fsp3) is 0.0769. The third-order valence-electron chi connectivity index (χ3n) is 2.53. The van der Waals surface area contributed by atoms with Crippen LogP contribution in [0.4, 0.5) is 4.39 Å². The second-order valence-electron chi connectivity index (χ2n) is 3.69. The van der Waals surface area contributed by atoms with Crippen LogP contribution in [0.1, 0.15) is 21.6 Å². The number of ketones is 1. The van der Waals surface area contributed by atoms with Crippen LogP contribution in [0.3, 0.4) is 0 Å². The van der Waals surface area contributed by atoms with E-state index in [0.29, 0.717) is 15.7 Å². The molecule has 0 N–H and O–H groups in total. The van der Waals surface area contributed by atoms with E-state index in [1.807, 2.05) is 0 Å². The summed E-state index contributed by atoms with van der Waals surface area (Å²) in [5, 5.41) is -0.0950. The Morgan fingerprint density at radius 3 is 2.72 bits per heavy atom. The molecular weight excluding hydrogens is 321 g/mol. The molecule has 2 aromatic rings. The first kappa shape index (κ1) is 13.2. The van der Waals surface area contributed by atoms with Gasteiger partial charge in [0.2, 0.25) is 0 Å². The average Bonchev–Trinajstić information content (AvgIpc) is 2.36. The molecule has 0 radical (unpaired) electrons. The van der Waals surface area contributed by atoms with E-state index >= 15 is 0 Å². The maximum atomic E-state index is 13.9. The molecule has 0 unspecified atom stereocenters. The average molecular weight is 329 g/mol. The number of rotatable bonds is 2. The minimum atomic E-state index is -0.723. The zero-order chi connectivity index (χ0) is 13.3. The molecule has 18 heavy (non-hydrogen) atoms. The number of hydrogen-bond acceptors (Lipinski definition) is 2. The Balaban J connectivity index is 2.54. The lowest BCUT2D eigenvalue weighted by molar-refractivity contribution is 0.103. The summed E-state index contributed by atoms with van der Waals surface area (Å²) in [4.78, 5) is 16.2. The van der Waals surface area contributed by atoms with E-state index < -0.39 is 11.6 Å². The van der Waals surface area contributed by atoms with Gasteiger partial charge in [-0.2, -0.15) is 0 Å². The van der Waals surface area contributed by atoms with Crippen LogP contribution in [-0.2, 0) is 0 Å². The maximum absolute atomic E-state index is 13.9. The first-order chi connectivity index (χ1) is 8.52. The minimum absolute atomic E-state index is 0.0562. The van der Waals surface area contributed by atoms with Crippen LogP contribution in [0.5, 0.6) is 0 Å². The van der Waals surface area contributed by atoms with Crippen LogP contribution in [0.2, 0.25) is 5.02 Å². The molecule has 0 saturated heterocycles. The van der Waals surface area contributed by atoms with Crippen LogP contribution in [0, 0.1) is 12.7 Å². The number of carbonyl (C=O) groups excluding carboxylic acids is 1. The normalized spacial score (nSPS) is 10.4. The van der Waals surface area contributed by atoms with Gasteiger partial charge < -0.3 is 0 Å². The second kappa shape index (κ2) is 5.16. The minimum Gasteiger partial charge on any atom is -0.288 e. The van der Waals surface area contributed by atoms with Crippen LogP contribution in [0.15, 0.2) is 34.9 Å². The van der Waals surface area contributed by atoms with Crippen LogP contribution < -0.4 is 0 Å². The largest absolute Gasteiger partial charge is 0.288 e. The summed E-state index contributed by atoms with van der Waals surface area (Å²) >= 11 is 8.87. The Morgan fingerprint density at radius 2 is 2.06 bits per heavy atom. The molecule has 2 rings (SSSR count). The predicted octanol–water partition coefficient (Wildman–Crippen LogP) is 4.18. The van der Waals surface area contributed by atoms with E-state index in [-0.39, 0.29) is 10.6 Å². The summed E-state index contributed by atoms with van der Waals surface area (Å²) in [7, 11) is 0. The molecule has 0 bridgehead atoms. The Hall–Kier alpha value is -1.26. The Kier molecular flexibility index (Phi) is 3.78. The van der Waals surface area contributed by atoms with Crippen molar-refractivity contribution in [1.82, 2.24) is 4.98 Å². The highest BCUT2D eigenvalue weighted by Gasteiger charge is 2.19. The van der Waals surface area contributed by atoms with E-state index in [4.69, 9.17) is 11.6 Å². The maximum Gasteiger partial charge on any atom is 0.197 e. The number of hydrogen-bond donors (Lipinski definition) is 0. The van der Waals surface area contributed by atoms with Gasteiger partial charge in [-0.3, -0.25) is 9.78 Å². The van der Waals surface area contributed by atoms with Gasteiger partial charge in [-0.25, -0.2) is 4.39 Å². The van der Waals surface area contributed by atoms with Crippen molar-refractivity contribution in [1.29, 1.82) is 0 Å². The summed E-state index contributed by atoms with van der Waals surface area (Å²) < 4.78 is 14.3. The molecule has 0 aliphatic rings. The second-order valence-corrected chi connectivity index (χ2v) is 4.92. The number of pyridine rings is 1. The molecule has 0 spiro atoms. The lowest BCUT2D eigenvalue weighted by Gasteiger charge is -2.07. The molecule has 5 heteroatoms. The Bertz CT molecular complexity index is 630. The third-order valence-corrected chi connectivity index (χ3v) is 3.79. The summed E-state index contributed by atoms with van der Waals surface area (Å²) in [6.07, 6.45) is 1.58. The van der Waals surface area contributed by atoms with Crippen molar-refractivity contribution < 1.29 is 9.18 Å².